The van der Waals surface area contributed by atoms with E-state index in [9.17, 15) is 0 Å². The predicted octanol–water partition coefficient (Wildman–Crippen LogP) is 13.4. The van der Waals surface area contributed by atoms with E-state index in [2.05, 4.69) is 207 Å². The Labute approximate surface area is 297 Å². The van der Waals surface area contributed by atoms with E-state index in [1.54, 1.807) is 0 Å². The number of para-hydroxylation sites is 3. The van der Waals surface area contributed by atoms with E-state index in [0.29, 0.717) is 0 Å². The van der Waals surface area contributed by atoms with Crippen LogP contribution < -0.4 is 9.80 Å². The first-order chi connectivity index (χ1) is 24.5. The molecule has 1 aliphatic carbocycles. The maximum Gasteiger partial charge on any atom is 0.0465 e. The fraction of sp³-hybridized carbons (Fsp3) is 0.0833. The molecule has 0 spiro atoms. The lowest BCUT2D eigenvalue weighted by molar-refractivity contribution is 0.660. The van der Waals surface area contributed by atoms with E-state index >= 15 is 0 Å². The summed E-state index contributed by atoms with van der Waals surface area (Å²) >= 11 is 0. The molecule has 0 unspecified atom stereocenters. The number of fused-ring (bicyclic) bond motifs is 3. The van der Waals surface area contributed by atoms with Gasteiger partial charge in [0.1, 0.15) is 0 Å². The third-order valence-electron chi connectivity index (χ3n) is 9.56. The summed E-state index contributed by atoms with van der Waals surface area (Å²) in [5.74, 6) is 0. The fourth-order valence-corrected chi connectivity index (χ4v) is 7.00. The standard InChI is InChI=1S/C48H42N2/c1-5-7-17-38(6-2)49(39-18-11-8-12-19-39)42-29-26-36(27-30-42)24-25-37-28-32-44-45-33-31-43(35-47(45)48(3,4)46(44)34-37)50(40-20-13-9-14-21-40)41-22-15-10-16-23-41/h5-35H,1H2,2-4H3/b17-7-,25-24+,38-6+. The normalized spacial score (nSPS) is 13.3. The molecule has 0 bridgehead atoms. The predicted molar refractivity (Wildman–Crippen MR) is 216 cm³/mol. The number of benzene rings is 6. The Bertz CT molecular complexity index is 2150. The van der Waals surface area contributed by atoms with Gasteiger partial charge in [0.2, 0.25) is 0 Å². The van der Waals surface area contributed by atoms with Crippen LogP contribution in [0.3, 0.4) is 0 Å². The van der Waals surface area contributed by atoms with Crippen molar-refractivity contribution >= 4 is 40.6 Å². The molecule has 7 rings (SSSR count). The third kappa shape index (κ3) is 6.36. The molecule has 0 fully saturated rings. The number of nitrogens with zero attached hydrogens (tertiary/aromatic N) is 2. The SMILES string of the molecule is C=C/C=C\C(=C/C)N(c1ccccc1)c1ccc(/C=C/c2ccc3c(c2)C(C)(C)c2cc(N(c4ccccc4)c4ccccc4)ccc2-3)cc1. The van der Waals surface area contributed by atoms with Gasteiger partial charge in [-0.15, -0.1) is 0 Å². The van der Waals surface area contributed by atoms with Crippen LogP contribution in [0.25, 0.3) is 23.3 Å². The molecule has 50 heavy (non-hydrogen) atoms. The van der Waals surface area contributed by atoms with Crippen molar-refractivity contribution in [2.75, 3.05) is 9.80 Å². The van der Waals surface area contributed by atoms with E-state index < -0.39 is 0 Å². The van der Waals surface area contributed by atoms with Crippen LogP contribution >= 0.6 is 0 Å². The van der Waals surface area contributed by atoms with Crippen molar-refractivity contribution in [3.05, 3.63) is 210 Å². The molecule has 0 heterocycles. The van der Waals surface area contributed by atoms with Gasteiger partial charge in [-0.05, 0) is 107 Å². The van der Waals surface area contributed by atoms with Gasteiger partial charge in [-0.3, -0.25) is 0 Å². The van der Waals surface area contributed by atoms with Crippen molar-refractivity contribution in [2.45, 2.75) is 26.2 Å². The van der Waals surface area contributed by atoms with Crippen LogP contribution in [0.4, 0.5) is 28.4 Å². The number of anilines is 5. The first-order valence-electron chi connectivity index (χ1n) is 17.3. The monoisotopic (exact) mass is 646 g/mol. The zero-order valence-electron chi connectivity index (χ0n) is 29.0. The van der Waals surface area contributed by atoms with Gasteiger partial charge in [-0.25, -0.2) is 0 Å². The van der Waals surface area contributed by atoms with Crippen molar-refractivity contribution in [1.29, 1.82) is 0 Å². The molecule has 0 saturated heterocycles. The quantitative estimate of drug-likeness (QED) is 0.108. The highest BCUT2D eigenvalue weighted by Gasteiger charge is 2.36. The largest absolute Gasteiger partial charge is 0.311 e. The summed E-state index contributed by atoms with van der Waals surface area (Å²) < 4.78 is 0. The lowest BCUT2D eigenvalue weighted by Crippen LogP contribution is -2.16. The molecule has 0 atom stereocenters. The highest BCUT2D eigenvalue weighted by Crippen LogP contribution is 2.51. The number of allylic oxidation sites excluding steroid dienone is 4. The third-order valence-corrected chi connectivity index (χ3v) is 9.56. The van der Waals surface area contributed by atoms with Gasteiger partial charge in [0.15, 0.2) is 0 Å². The lowest BCUT2D eigenvalue weighted by Gasteiger charge is -2.28. The van der Waals surface area contributed by atoms with Gasteiger partial charge in [-0.2, -0.15) is 0 Å². The summed E-state index contributed by atoms with van der Waals surface area (Å²) in [5.41, 5.74) is 14.3. The number of hydrogen-bond acceptors (Lipinski definition) is 2. The summed E-state index contributed by atoms with van der Waals surface area (Å²) in [6.45, 7) is 10.6. The molecule has 0 amide bonds. The Balaban J connectivity index is 1.16. The van der Waals surface area contributed by atoms with Crippen LogP contribution in [0.15, 0.2) is 188 Å². The smallest absolute Gasteiger partial charge is 0.0465 e. The number of hydrogen-bond donors (Lipinski definition) is 0. The Morgan fingerprint density at radius 3 is 1.60 bits per heavy atom. The summed E-state index contributed by atoms with van der Waals surface area (Å²) in [6, 6.07) is 54.3. The first kappa shape index (κ1) is 32.4. The van der Waals surface area contributed by atoms with E-state index in [-0.39, 0.29) is 5.41 Å². The molecule has 6 aromatic carbocycles. The maximum absolute atomic E-state index is 3.85. The highest BCUT2D eigenvalue weighted by molar-refractivity contribution is 5.87. The van der Waals surface area contributed by atoms with E-state index in [1.807, 2.05) is 18.2 Å². The molecular formula is C48H42N2. The van der Waals surface area contributed by atoms with E-state index in [1.165, 1.54) is 27.8 Å². The molecule has 244 valence electrons. The molecule has 2 heteroatoms. The molecule has 0 radical (unpaired) electrons. The summed E-state index contributed by atoms with van der Waals surface area (Å²) in [5, 5.41) is 0. The number of rotatable bonds is 10. The van der Waals surface area contributed by atoms with Gasteiger partial charge in [0.25, 0.3) is 0 Å². The Morgan fingerprint density at radius 2 is 1.02 bits per heavy atom. The highest BCUT2D eigenvalue weighted by atomic mass is 15.1. The molecule has 2 nitrogen and oxygen atoms in total. The van der Waals surface area contributed by atoms with Crippen LogP contribution in [0.5, 0.6) is 0 Å². The van der Waals surface area contributed by atoms with Crippen LogP contribution in [-0.2, 0) is 5.41 Å². The average Bonchev–Trinajstić information content (AvgIpc) is 3.39. The molecule has 0 saturated carbocycles. The second kappa shape index (κ2) is 14.2. The minimum absolute atomic E-state index is 0.142. The van der Waals surface area contributed by atoms with Crippen molar-refractivity contribution in [1.82, 2.24) is 0 Å². The molecule has 1 aliphatic rings. The van der Waals surface area contributed by atoms with E-state index in [4.69, 9.17) is 0 Å². The minimum Gasteiger partial charge on any atom is -0.311 e. The zero-order chi connectivity index (χ0) is 34.5. The van der Waals surface area contributed by atoms with E-state index in [0.717, 1.165) is 39.7 Å². The molecule has 0 aromatic heterocycles. The Morgan fingerprint density at radius 1 is 0.540 bits per heavy atom. The molecule has 0 N–H and O–H groups in total. The van der Waals surface area contributed by atoms with Crippen molar-refractivity contribution in [2.24, 2.45) is 0 Å². The maximum atomic E-state index is 3.85. The van der Waals surface area contributed by atoms with Gasteiger partial charge >= 0.3 is 0 Å². The fourth-order valence-electron chi connectivity index (χ4n) is 7.00. The van der Waals surface area contributed by atoms with Crippen molar-refractivity contribution in [3.8, 4) is 11.1 Å². The van der Waals surface area contributed by atoms with Gasteiger partial charge < -0.3 is 9.80 Å². The summed E-state index contributed by atoms with van der Waals surface area (Å²) in [7, 11) is 0. The van der Waals surface area contributed by atoms with Gasteiger partial charge in [0, 0.05) is 39.5 Å². The molecular weight excluding hydrogens is 605 g/mol. The van der Waals surface area contributed by atoms with Crippen LogP contribution in [0.1, 0.15) is 43.0 Å². The Hall–Kier alpha value is -6.12. The first-order valence-corrected chi connectivity index (χ1v) is 17.3. The summed E-state index contributed by atoms with van der Waals surface area (Å²) in [4.78, 5) is 4.60. The topological polar surface area (TPSA) is 6.48 Å². The van der Waals surface area contributed by atoms with Gasteiger partial charge in [-0.1, -0.05) is 142 Å². The zero-order valence-corrected chi connectivity index (χ0v) is 29.0. The van der Waals surface area contributed by atoms with Crippen molar-refractivity contribution in [3.63, 3.8) is 0 Å². The van der Waals surface area contributed by atoms with Crippen LogP contribution in [-0.4, -0.2) is 0 Å². The van der Waals surface area contributed by atoms with Crippen molar-refractivity contribution < 1.29 is 0 Å². The van der Waals surface area contributed by atoms with Gasteiger partial charge in [0.05, 0.1) is 0 Å². The second-order valence-corrected chi connectivity index (χ2v) is 13.1. The molecule has 0 aliphatic heterocycles. The average molecular weight is 647 g/mol. The Kier molecular flexibility index (Phi) is 9.18. The minimum atomic E-state index is -0.142. The lowest BCUT2D eigenvalue weighted by atomic mass is 9.81. The second-order valence-electron chi connectivity index (χ2n) is 13.1. The summed E-state index contributed by atoms with van der Waals surface area (Å²) in [6.07, 6.45) is 12.4. The molecule has 6 aromatic rings. The van der Waals surface area contributed by atoms with Crippen LogP contribution in [0, 0.1) is 0 Å². The van der Waals surface area contributed by atoms with Crippen LogP contribution in [0.2, 0.25) is 0 Å².